The highest BCUT2D eigenvalue weighted by Crippen LogP contribution is 2.19. The van der Waals surface area contributed by atoms with Crippen LogP contribution in [-0.4, -0.2) is 16.1 Å². The Morgan fingerprint density at radius 1 is 1.56 bits per heavy atom. The predicted octanol–water partition coefficient (Wildman–Crippen LogP) is 2.61. The summed E-state index contributed by atoms with van der Waals surface area (Å²) in [5, 5.41) is 5.77. The average molecular weight is 261 g/mol. The molecule has 1 aliphatic rings. The van der Waals surface area contributed by atoms with Crippen molar-refractivity contribution in [2.75, 3.05) is 6.54 Å². The maximum absolute atomic E-state index is 4.37. The molecule has 2 aromatic rings. The van der Waals surface area contributed by atoms with Crippen LogP contribution in [0.2, 0.25) is 0 Å². The van der Waals surface area contributed by atoms with Crippen molar-refractivity contribution in [1.82, 2.24) is 14.9 Å². The molecule has 1 aliphatic heterocycles. The molecule has 1 N–H and O–H groups in total. The van der Waals surface area contributed by atoms with Gasteiger partial charge in [-0.3, -0.25) is 0 Å². The minimum Gasteiger partial charge on any atom is -0.335 e. The molecule has 2 aromatic heterocycles. The number of imidazole rings is 1. The lowest BCUT2D eigenvalue weighted by atomic mass is 9.99. The molecule has 18 heavy (non-hydrogen) atoms. The van der Waals surface area contributed by atoms with E-state index in [1.54, 1.807) is 0 Å². The van der Waals surface area contributed by atoms with Gasteiger partial charge in [0.15, 0.2) is 0 Å². The molecule has 3 nitrogen and oxygen atoms in total. The van der Waals surface area contributed by atoms with E-state index in [1.165, 1.54) is 22.7 Å². The highest BCUT2D eigenvalue weighted by Gasteiger charge is 2.18. The van der Waals surface area contributed by atoms with Gasteiger partial charge in [-0.05, 0) is 36.3 Å². The van der Waals surface area contributed by atoms with Crippen molar-refractivity contribution < 1.29 is 0 Å². The first-order valence-electron chi connectivity index (χ1n) is 6.56. The zero-order chi connectivity index (χ0) is 12.4. The van der Waals surface area contributed by atoms with Gasteiger partial charge in [0.25, 0.3) is 0 Å². The van der Waals surface area contributed by atoms with E-state index in [4.69, 9.17) is 0 Å². The Hall–Kier alpha value is -1.13. The Morgan fingerprint density at radius 3 is 3.33 bits per heavy atom. The molecule has 0 saturated heterocycles. The second-order valence-electron chi connectivity index (χ2n) is 5.06. The third kappa shape index (κ3) is 2.49. The van der Waals surface area contributed by atoms with Crippen LogP contribution in [0.15, 0.2) is 23.8 Å². The van der Waals surface area contributed by atoms with Gasteiger partial charge in [-0.15, -0.1) is 11.3 Å². The first-order valence-corrected chi connectivity index (χ1v) is 7.44. The summed E-state index contributed by atoms with van der Waals surface area (Å²) in [5.74, 6) is 1.99. The summed E-state index contributed by atoms with van der Waals surface area (Å²) >= 11 is 1.85. The van der Waals surface area contributed by atoms with E-state index >= 15 is 0 Å². The standard InChI is InChI=1S/C14H19N3S/c1-11-4-7-18-13(11)9-15-8-12-2-3-14-16-5-6-17(14)10-12/h4-7,12,15H,2-3,8-10H2,1H3. The van der Waals surface area contributed by atoms with E-state index in [0.717, 1.165) is 32.0 Å². The highest BCUT2D eigenvalue weighted by atomic mass is 32.1. The lowest BCUT2D eigenvalue weighted by molar-refractivity contribution is 0.348. The zero-order valence-electron chi connectivity index (χ0n) is 10.7. The number of nitrogens with one attached hydrogen (secondary N) is 1. The monoisotopic (exact) mass is 261 g/mol. The third-order valence-corrected chi connectivity index (χ3v) is 4.74. The van der Waals surface area contributed by atoms with Crippen LogP contribution in [0.25, 0.3) is 0 Å². The summed E-state index contributed by atoms with van der Waals surface area (Å²) in [5.41, 5.74) is 1.41. The molecule has 0 spiro atoms. The Kier molecular flexibility index (Phi) is 3.48. The van der Waals surface area contributed by atoms with E-state index < -0.39 is 0 Å². The fourth-order valence-electron chi connectivity index (χ4n) is 2.58. The molecule has 4 heteroatoms. The van der Waals surface area contributed by atoms with Crippen LogP contribution < -0.4 is 5.32 Å². The van der Waals surface area contributed by atoms with Gasteiger partial charge in [0, 0.05) is 43.3 Å². The van der Waals surface area contributed by atoms with Gasteiger partial charge >= 0.3 is 0 Å². The maximum Gasteiger partial charge on any atom is 0.108 e. The van der Waals surface area contributed by atoms with Crippen molar-refractivity contribution in [3.05, 3.63) is 40.1 Å². The van der Waals surface area contributed by atoms with Crippen LogP contribution in [-0.2, 0) is 19.5 Å². The summed E-state index contributed by atoms with van der Waals surface area (Å²) in [7, 11) is 0. The second kappa shape index (κ2) is 5.24. The van der Waals surface area contributed by atoms with E-state index in [0.29, 0.717) is 0 Å². The summed E-state index contributed by atoms with van der Waals surface area (Å²) < 4.78 is 2.30. The van der Waals surface area contributed by atoms with Crippen LogP contribution in [0.5, 0.6) is 0 Å². The number of thiophene rings is 1. The van der Waals surface area contributed by atoms with E-state index in [1.807, 2.05) is 17.5 Å². The maximum atomic E-state index is 4.37. The predicted molar refractivity (Wildman–Crippen MR) is 74.8 cm³/mol. The lowest BCUT2D eigenvalue weighted by Gasteiger charge is -2.24. The molecule has 1 unspecified atom stereocenters. The fraction of sp³-hybridized carbons (Fsp3) is 0.500. The number of aromatic nitrogens is 2. The van der Waals surface area contributed by atoms with Crippen molar-refractivity contribution in [2.24, 2.45) is 5.92 Å². The normalized spacial score (nSPS) is 18.8. The van der Waals surface area contributed by atoms with Gasteiger partial charge in [-0.25, -0.2) is 4.98 Å². The quantitative estimate of drug-likeness (QED) is 0.917. The van der Waals surface area contributed by atoms with Crippen LogP contribution in [0.1, 0.15) is 22.7 Å². The Labute approximate surface area is 112 Å². The molecule has 96 valence electrons. The van der Waals surface area contributed by atoms with Crippen LogP contribution in [0.4, 0.5) is 0 Å². The minimum absolute atomic E-state index is 0.743. The van der Waals surface area contributed by atoms with E-state index in [-0.39, 0.29) is 0 Å². The van der Waals surface area contributed by atoms with Gasteiger partial charge in [0.05, 0.1) is 0 Å². The largest absolute Gasteiger partial charge is 0.335 e. The lowest BCUT2D eigenvalue weighted by Crippen LogP contribution is -2.29. The Bertz CT molecular complexity index is 515. The number of fused-ring (bicyclic) bond motifs is 1. The van der Waals surface area contributed by atoms with Crippen molar-refractivity contribution in [3.63, 3.8) is 0 Å². The van der Waals surface area contributed by atoms with Crippen molar-refractivity contribution >= 4 is 11.3 Å². The molecule has 0 saturated carbocycles. The molecule has 1 atom stereocenters. The van der Waals surface area contributed by atoms with Gasteiger partial charge in [-0.2, -0.15) is 0 Å². The summed E-state index contributed by atoms with van der Waals surface area (Å²) in [6.45, 7) is 5.42. The van der Waals surface area contributed by atoms with E-state index in [9.17, 15) is 0 Å². The fourth-order valence-corrected chi connectivity index (χ4v) is 3.45. The third-order valence-electron chi connectivity index (χ3n) is 3.72. The molecular weight excluding hydrogens is 242 g/mol. The van der Waals surface area contributed by atoms with Crippen molar-refractivity contribution in [3.8, 4) is 0 Å². The molecular formula is C14H19N3S. The minimum atomic E-state index is 0.743. The van der Waals surface area contributed by atoms with E-state index in [2.05, 4.69) is 39.4 Å². The van der Waals surface area contributed by atoms with Crippen LogP contribution >= 0.6 is 11.3 Å². The van der Waals surface area contributed by atoms with Crippen LogP contribution in [0, 0.1) is 12.8 Å². The van der Waals surface area contributed by atoms with Crippen molar-refractivity contribution in [2.45, 2.75) is 32.9 Å². The molecule has 3 rings (SSSR count). The smallest absolute Gasteiger partial charge is 0.108 e. The molecule has 0 fully saturated rings. The van der Waals surface area contributed by atoms with Gasteiger partial charge < -0.3 is 9.88 Å². The Balaban J connectivity index is 1.49. The van der Waals surface area contributed by atoms with Gasteiger partial charge in [-0.1, -0.05) is 0 Å². The number of nitrogens with zero attached hydrogens (tertiary/aromatic N) is 2. The topological polar surface area (TPSA) is 29.9 Å². The van der Waals surface area contributed by atoms with Gasteiger partial charge in [0.2, 0.25) is 0 Å². The molecule has 0 radical (unpaired) electrons. The molecule has 0 aliphatic carbocycles. The summed E-state index contributed by atoms with van der Waals surface area (Å²) in [6.07, 6.45) is 6.40. The number of hydrogen-bond donors (Lipinski definition) is 1. The highest BCUT2D eigenvalue weighted by molar-refractivity contribution is 7.10. The first kappa shape index (κ1) is 11.9. The summed E-state index contributed by atoms with van der Waals surface area (Å²) in [4.78, 5) is 5.83. The number of rotatable bonds is 4. The SMILES string of the molecule is Cc1ccsc1CNCC1CCc2nccn2C1. The molecule has 0 aromatic carbocycles. The molecule has 0 bridgehead atoms. The summed E-state index contributed by atoms with van der Waals surface area (Å²) in [6, 6.07) is 2.19. The zero-order valence-corrected chi connectivity index (χ0v) is 11.5. The Morgan fingerprint density at radius 2 is 2.50 bits per heavy atom. The van der Waals surface area contributed by atoms with Crippen molar-refractivity contribution in [1.29, 1.82) is 0 Å². The molecule has 3 heterocycles. The number of aryl methyl sites for hydroxylation is 2. The molecule has 0 amide bonds. The second-order valence-corrected chi connectivity index (χ2v) is 6.06. The first-order chi connectivity index (χ1) is 8.83. The van der Waals surface area contributed by atoms with Crippen LogP contribution in [0.3, 0.4) is 0 Å². The van der Waals surface area contributed by atoms with Gasteiger partial charge in [0.1, 0.15) is 5.82 Å². The average Bonchev–Trinajstić information content (AvgIpc) is 2.98. The number of hydrogen-bond acceptors (Lipinski definition) is 3.